The summed E-state index contributed by atoms with van der Waals surface area (Å²) in [6.45, 7) is 5.93. The van der Waals surface area contributed by atoms with Crippen LogP contribution < -0.4 is 5.56 Å². The van der Waals surface area contributed by atoms with E-state index in [4.69, 9.17) is 5.10 Å². The Balaban J connectivity index is 1.74. The molecule has 1 aliphatic heterocycles. The average Bonchev–Trinajstić information content (AvgIpc) is 3.28. The molecule has 3 aromatic carbocycles. The molecule has 34 heavy (non-hydrogen) atoms. The highest BCUT2D eigenvalue weighted by Crippen LogP contribution is 2.38. The fraction of sp³-hybridized carbons (Fsp3) is 0.207. The van der Waals surface area contributed by atoms with Crippen molar-refractivity contribution >= 4 is 22.5 Å². The first-order valence-electron chi connectivity index (χ1n) is 11.7. The normalized spacial score (nSPS) is 15.6. The fourth-order valence-corrected chi connectivity index (χ4v) is 4.79. The topological polar surface area (TPSA) is 65.5 Å². The molecule has 0 unspecified atom stereocenters. The van der Waals surface area contributed by atoms with Gasteiger partial charge in [-0.25, -0.2) is 5.01 Å². The molecule has 0 saturated carbocycles. The fourth-order valence-electron chi connectivity index (χ4n) is 4.79. The lowest BCUT2D eigenvalue weighted by Crippen LogP contribution is -2.26. The van der Waals surface area contributed by atoms with Crippen molar-refractivity contribution in [2.24, 2.45) is 5.10 Å². The molecule has 5 heteroatoms. The van der Waals surface area contributed by atoms with Crippen LogP contribution >= 0.6 is 0 Å². The number of H-pyrrole nitrogens is 1. The number of hydrazone groups is 1. The van der Waals surface area contributed by atoms with Crippen LogP contribution in [0.5, 0.6) is 0 Å². The van der Waals surface area contributed by atoms with Crippen LogP contribution in [-0.2, 0) is 4.79 Å². The van der Waals surface area contributed by atoms with E-state index >= 15 is 0 Å². The zero-order valence-corrected chi connectivity index (χ0v) is 19.6. The predicted octanol–water partition coefficient (Wildman–Crippen LogP) is 5.90. The number of benzene rings is 3. The summed E-state index contributed by atoms with van der Waals surface area (Å²) in [4.78, 5) is 29.4. The van der Waals surface area contributed by atoms with Gasteiger partial charge in [-0.2, -0.15) is 5.10 Å². The number of carbonyl (C=O) groups excluding carboxylic acids is 1. The molecular formula is C29H27N3O2. The van der Waals surface area contributed by atoms with E-state index in [0.717, 1.165) is 38.7 Å². The number of nitrogens with zero attached hydrogens (tertiary/aromatic N) is 2. The van der Waals surface area contributed by atoms with Crippen molar-refractivity contribution in [1.29, 1.82) is 0 Å². The molecule has 0 fully saturated rings. The van der Waals surface area contributed by atoms with Gasteiger partial charge in [-0.3, -0.25) is 9.59 Å². The third-order valence-electron chi connectivity index (χ3n) is 6.57. The first-order valence-corrected chi connectivity index (χ1v) is 11.7. The smallest absolute Gasteiger partial charge is 0.258 e. The molecule has 2 heterocycles. The zero-order valence-electron chi connectivity index (χ0n) is 19.6. The van der Waals surface area contributed by atoms with E-state index in [1.54, 1.807) is 5.01 Å². The van der Waals surface area contributed by atoms with Crippen molar-refractivity contribution in [1.82, 2.24) is 9.99 Å². The minimum atomic E-state index is -0.236. The number of fused-ring (bicyclic) bond motifs is 1. The number of aryl methyl sites for hydroxylation is 2. The predicted molar refractivity (Wildman–Crippen MR) is 137 cm³/mol. The SMILES string of the molecule is CCC(=O)N1N=C(c2c(-c3ccc(C)cc3)c3ccccc3[nH]c2=O)C[C@H]1c1ccccc1C. The standard InChI is InChI=1S/C29H27N3O2/c1-4-26(33)32-25(21-10-6-5-9-19(21)3)17-24(31-32)28-27(20-15-13-18(2)14-16-20)22-11-7-8-12-23(22)30-29(28)34/h5-16,25H,4,17H2,1-3H3,(H,30,34)/t25-/m0/s1. The van der Waals surface area contributed by atoms with E-state index < -0.39 is 0 Å². The number of rotatable bonds is 4. The minimum absolute atomic E-state index is 0.0580. The second kappa shape index (κ2) is 8.75. The first-order chi connectivity index (χ1) is 16.5. The summed E-state index contributed by atoms with van der Waals surface area (Å²) < 4.78 is 0. The summed E-state index contributed by atoms with van der Waals surface area (Å²) in [6, 6.07) is 23.8. The molecule has 1 atom stereocenters. The Bertz CT molecular complexity index is 1480. The van der Waals surface area contributed by atoms with E-state index in [1.807, 2.05) is 81.4 Å². The van der Waals surface area contributed by atoms with E-state index in [9.17, 15) is 9.59 Å². The lowest BCUT2D eigenvalue weighted by atomic mass is 9.90. The van der Waals surface area contributed by atoms with Gasteiger partial charge in [-0.15, -0.1) is 0 Å². The highest BCUT2D eigenvalue weighted by Gasteiger charge is 2.35. The monoisotopic (exact) mass is 449 g/mol. The van der Waals surface area contributed by atoms with Crippen LogP contribution in [0.15, 0.2) is 82.7 Å². The van der Waals surface area contributed by atoms with Crippen LogP contribution in [0.3, 0.4) is 0 Å². The van der Waals surface area contributed by atoms with Gasteiger partial charge in [0.2, 0.25) is 5.91 Å². The number of aromatic nitrogens is 1. The Morgan fingerprint density at radius 2 is 1.68 bits per heavy atom. The van der Waals surface area contributed by atoms with Crippen molar-refractivity contribution in [2.75, 3.05) is 0 Å². The molecule has 0 spiro atoms. The Morgan fingerprint density at radius 1 is 0.971 bits per heavy atom. The Kier molecular flexibility index (Phi) is 5.62. The zero-order chi connectivity index (χ0) is 23.8. The van der Waals surface area contributed by atoms with Crippen LogP contribution in [0.4, 0.5) is 0 Å². The molecule has 0 radical (unpaired) electrons. The molecule has 170 valence electrons. The number of carbonyl (C=O) groups is 1. The van der Waals surface area contributed by atoms with Crippen LogP contribution in [-0.4, -0.2) is 21.6 Å². The molecule has 5 nitrogen and oxygen atoms in total. The molecule has 1 amide bonds. The maximum Gasteiger partial charge on any atom is 0.258 e. The van der Waals surface area contributed by atoms with Gasteiger partial charge in [-0.1, -0.05) is 79.2 Å². The van der Waals surface area contributed by atoms with E-state index in [2.05, 4.69) is 17.1 Å². The number of hydrogen-bond donors (Lipinski definition) is 1. The Morgan fingerprint density at radius 3 is 2.41 bits per heavy atom. The Hall–Kier alpha value is -3.99. The second-order valence-electron chi connectivity index (χ2n) is 8.83. The van der Waals surface area contributed by atoms with Gasteiger partial charge >= 0.3 is 0 Å². The van der Waals surface area contributed by atoms with E-state index in [0.29, 0.717) is 24.1 Å². The van der Waals surface area contributed by atoms with Crippen LogP contribution in [0.25, 0.3) is 22.0 Å². The lowest BCUT2D eigenvalue weighted by molar-refractivity contribution is -0.132. The van der Waals surface area contributed by atoms with Crippen LogP contribution in [0.1, 0.15) is 48.1 Å². The van der Waals surface area contributed by atoms with E-state index in [1.165, 1.54) is 0 Å². The maximum absolute atomic E-state index is 13.5. The Labute approximate surface area is 198 Å². The van der Waals surface area contributed by atoms with Gasteiger partial charge in [0, 0.05) is 29.3 Å². The lowest BCUT2D eigenvalue weighted by Gasteiger charge is -2.23. The van der Waals surface area contributed by atoms with Crippen LogP contribution in [0.2, 0.25) is 0 Å². The maximum atomic E-state index is 13.5. The largest absolute Gasteiger partial charge is 0.321 e. The van der Waals surface area contributed by atoms with Crippen molar-refractivity contribution in [3.05, 3.63) is 105 Å². The van der Waals surface area contributed by atoms with Crippen molar-refractivity contribution in [3.63, 3.8) is 0 Å². The van der Waals surface area contributed by atoms with Gasteiger partial charge in [0.15, 0.2) is 0 Å². The number of hydrogen-bond acceptors (Lipinski definition) is 3. The summed E-state index contributed by atoms with van der Waals surface area (Å²) in [5.41, 5.74) is 6.87. The van der Waals surface area contributed by atoms with Crippen molar-refractivity contribution < 1.29 is 4.79 Å². The molecular weight excluding hydrogens is 422 g/mol. The molecule has 0 aliphatic carbocycles. The van der Waals surface area contributed by atoms with E-state index in [-0.39, 0.29) is 17.5 Å². The van der Waals surface area contributed by atoms with Crippen molar-refractivity contribution in [2.45, 2.75) is 39.7 Å². The number of nitrogens with one attached hydrogen (secondary N) is 1. The molecule has 4 aromatic rings. The van der Waals surface area contributed by atoms with Crippen LogP contribution in [0, 0.1) is 13.8 Å². The first kappa shape index (κ1) is 21.8. The quantitative estimate of drug-likeness (QED) is 0.422. The van der Waals surface area contributed by atoms with Gasteiger partial charge in [0.25, 0.3) is 5.56 Å². The van der Waals surface area contributed by atoms with Gasteiger partial charge < -0.3 is 4.98 Å². The van der Waals surface area contributed by atoms with Gasteiger partial charge in [-0.05, 0) is 36.6 Å². The average molecular weight is 450 g/mol. The second-order valence-corrected chi connectivity index (χ2v) is 8.83. The summed E-state index contributed by atoms with van der Waals surface area (Å²) in [5.74, 6) is -0.0580. The molecule has 5 rings (SSSR count). The van der Waals surface area contributed by atoms with Gasteiger partial charge in [0.05, 0.1) is 17.3 Å². The molecule has 0 bridgehead atoms. The minimum Gasteiger partial charge on any atom is -0.321 e. The summed E-state index contributed by atoms with van der Waals surface area (Å²) in [6.07, 6.45) is 0.828. The van der Waals surface area contributed by atoms with Crippen molar-refractivity contribution in [3.8, 4) is 11.1 Å². The molecule has 1 aromatic heterocycles. The van der Waals surface area contributed by atoms with Gasteiger partial charge in [0.1, 0.15) is 0 Å². The molecule has 0 saturated heterocycles. The third kappa shape index (κ3) is 3.73. The number of para-hydroxylation sites is 1. The molecule has 1 aliphatic rings. The number of aromatic amines is 1. The number of pyridine rings is 1. The highest BCUT2D eigenvalue weighted by molar-refractivity contribution is 6.12. The number of amides is 1. The highest BCUT2D eigenvalue weighted by atomic mass is 16.2. The summed E-state index contributed by atoms with van der Waals surface area (Å²) >= 11 is 0. The summed E-state index contributed by atoms with van der Waals surface area (Å²) in [5, 5.41) is 7.31. The third-order valence-corrected chi connectivity index (χ3v) is 6.57. The summed E-state index contributed by atoms with van der Waals surface area (Å²) in [7, 11) is 0. The molecule has 1 N–H and O–H groups in total.